The lowest BCUT2D eigenvalue weighted by molar-refractivity contribution is 0.0322. The van der Waals surface area contributed by atoms with Crippen LogP contribution in [0, 0.1) is 6.92 Å². The lowest BCUT2D eigenvalue weighted by atomic mass is 10.1. The number of nitrogen functional groups attached to an aromatic ring is 2. The monoisotopic (exact) mass is 251 g/mol. The van der Waals surface area contributed by atoms with Gasteiger partial charge in [-0.1, -0.05) is 0 Å². The van der Waals surface area contributed by atoms with Crippen LogP contribution in [0.4, 0.5) is 11.4 Å². The Morgan fingerprint density at radius 3 is 2.67 bits per heavy atom. The van der Waals surface area contributed by atoms with Crippen LogP contribution in [-0.2, 0) is 4.74 Å². The Morgan fingerprint density at radius 2 is 2.00 bits per heavy atom. The van der Waals surface area contributed by atoms with Crippen LogP contribution in [0.25, 0.3) is 0 Å². The average Bonchev–Trinajstić information content (AvgIpc) is 2.37. The van der Waals surface area contributed by atoms with Crippen molar-refractivity contribution in [1.82, 2.24) is 4.90 Å². The molecule has 1 fully saturated rings. The molecule has 0 saturated carbocycles. The van der Waals surface area contributed by atoms with Gasteiger partial charge in [-0.15, -0.1) is 0 Å². The minimum absolute atomic E-state index is 0.580. The number of anilines is 2. The molecule has 1 saturated heterocycles. The summed E-state index contributed by atoms with van der Waals surface area (Å²) < 4.78 is 11.0. The first-order chi connectivity index (χ1) is 8.66. The summed E-state index contributed by atoms with van der Waals surface area (Å²) in [6, 6.07) is 3.70. The third-order valence-corrected chi connectivity index (χ3v) is 3.17. The van der Waals surface area contributed by atoms with E-state index in [1.807, 2.05) is 13.0 Å². The summed E-state index contributed by atoms with van der Waals surface area (Å²) in [5.74, 6) is 0.785. The van der Waals surface area contributed by atoms with E-state index in [2.05, 4.69) is 4.90 Å². The number of ether oxygens (including phenoxy) is 2. The van der Waals surface area contributed by atoms with E-state index in [9.17, 15) is 0 Å². The van der Waals surface area contributed by atoms with Gasteiger partial charge in [0.25, 0.3) is 0 Å². The molecule has 1 aliphatic heterocycles. The smallest absolute Gasteiger partial charge is 0.121 e. The molecule has 0 radical (unpaired) electrons. The van der Waals surface area contributed by atoms with Crippen molar-refractivity contribution in [2.24, 2.45) is 0 Å². The van der Waals surface area contributed by atoms with Crippen molar-refractivity contribution in [2.45, 2.75) is 6.92 Å². The largest absolute Gasteiger partial charge is 0.492 e. The van der Waals surface area contributed by atoms with Gasteiger partial charge in [0.05, 0.1) is 24.6 Å². The van der Waals surface area contributed by atoms with Gasteiger partial charge in [-0.3, -0.25) is 4.90 Å². The summed E-state index contributed by atoms with van der Waals surface area (Å²) in [6.07, 6.45) is 0. The highest BCUT2D eigenvalue weighted by Gasteiger charge is 2.10. The highest BCUT2D eigenvalue weighted by atomic mass is 16.5. The highest BCUT2D eigenvalue weighted by Crippen LogP contribution is 2.26. The molecule has 4 N–H and O–H groups in total. The molecule has 2 rings (SSSR count). The van der Waals surface area contributed by atoms with E-state index in [0.717, 1.165) is 44.2 Å². The zero-order chi connectivity index (χ0) is 13.0. The number of nitrogens with two attached hydrogens (primary N) is 2. The summed E-state index contributed by atoms with van der Waals surface area (Å²) in [7, 11) is 0. The van der Waals surface area contributed by atoms with E-state index in [1.165, 1.54) is 0 Å². The molecule has 0 unspecified atom stereocenters. The van der Waals surface area contributed by atoms with Gasteiger partial charge in [-0.2, -0.15) is 0 Å². The predicted octanol–water partition coefficient (Wildman–Crippen LogP) is 0.870. The summed E-state index contributed by atoms with van der Waals surface area (Å²) in [5, 5.41) is 0. The fourth-order valence-corrected chi connectivity index (χ4v) is 1.99. The summed E-state index contributed by atoms with van der Waals surface area (Å²) in [4.78, 5) is 2.33. The van der Waals surface area contributed by atoms with Crippen LogP contribution in [0.1, 0.15) is 5.56 Å². The lowest BCUT2D eigenvalue weighted by Crippen LogP contribution is -2.38. The lowest BCUT2D eigenvalue weighted by Gasteiger charge is -2.26. The van der Waals surface area contributed by atoms with Crippen LogP contribution in [0.5, 0.6) is 5.75 Å². The molecule has 1 aliphatic rings. The van der Waals surface area contributed by atoms with Crippen molar-refractivity contribution in [1.29, 1.82) is 0 Å². The van der Waals surface area contributed by atoms with E-state index in [1.54, 1.807) is 6.07 Å². The molecular formula is C13H21N3O2. The first kappa shape index (κ1) is 13.0. The van der Waals surface area contributed by atoms with Crippen molar-refractivity contribution in [3.8, 4) is 5.75 Å². The first-order valence-corrected chi connectivity index (χ1v) is 6.25. The SMILES string of the molecule is Cc1cc(OCCN2CCOCC2)cc(N)c1N. The Hall–Kier alpha value is -1.46. The molecule has 0 amide bonds. The van der Waals surface area contributed by atoms with Gasteiger partial charge >= 0.3 is 0 Å². The summed E-state index contributed by atoms with van der Waals surface area (Å²) in [5.41, 5.74) is 13.8. The molecular weight excluding hydrogens is 230 g/mol. The van der Waals surface area contributed by atoms with Crippen LogP contribution in [0.2, 0.25) is 0 Å². The summed E-state index contributed by atoms with van der Waals surface area (Å²) in [6.45, 7) is 7.08. The van der Waals surface area contributed by atoms with Crippen molar-refractivity contribution in [2.75, 3.05) is 50.9 Å². The highest BCUT2D eigenvalue weighted by molar-refractivity contribution is 5.69. The van der Waals surface area contributed by atoms with Gasteiger partial charge in [-0.05, 0) is 18.6 Å². The minimum Gasteiger partial charge on any atom is -0.492 e. The molecule has 0 spiro atoms. The molecule has 1 heterocycles. The number of morpholine rings is 1. The van der Waals surface area contributed by atoms with E-state index >= 15 is 0 Å². The van der Waals surface area contributed by atoms with Crippen molar-refractivity contribution in [3.63, 3.8) is 0 Å². The van der Waals surface area contributed by atoms with Crippen LogP contribution >= 0.6 is 0 Å². The van der Waals surface area contributed by atoms with Crippen LogP contribution in [0.3, 0.4) is 0 Å². The number of nitrogens with zero attached hydrogens (tertiary/aromatic N) is 1. The van der Waals surface area contributed by atoms with Crippen LogP contribution in [-0.4, -0.2) is 44.4 Å². The van der Waals surface area contributed by atoms with E-state index in [0.29, 0.717) is 18.0 Å². The molecule has 18 heavy (non-hydrogen) atoms. The second-order valence-electron chi connectivity index (χ2n) is 4.55. The quantitative estimate of drug-likeness (QED) is 0.777. The fraction of sp³-hybridized carbons (Fsp3) is 0.538. The third kappa shape index (κ3) is 3.27. The van der Waals surface area contributed by atoms with Crippen LogP contribution < -0.4 is 16.2 Å². The Labute approximate surface area is 108 Å². The number of benzene rings is 1. The molecule has 0 bridgehead atoms. The van der Waals surface area contributed by atoms with Crippen molar-refractivity contribution < 1.29 is 9.47 Å². The summed E-state index contributed by atoms with van der Waals surface area (Å²) >= 11 is 0. The Morgan fingerprint density at radius 1 is 1.28 bits per heavy atom. The number of rotatable bonds is 4. The molecule has 0 aliphatic carbocycles. The van der Waals surface area contributed by atoms with E-state index in [4.69, 9.17) is 20.9 Å². The van der Waals surface area contributed by atoms with Gasteiger partial charge in [0.15, 0.2) is 0 Å². The van der Waals surface area contributed by atoms with Gasteiger partial charge in [-0.25, -0.2) is 0 Å². The average molecular weight is 251 g/mol. The molecule has 0 aromatic heterocycles. The number of hydrogen-bond donors (Lipinski definition) is 2. The Bertz CT molecular complexity index is 380. The van der Waals surface area contributed by atoms with Gasteiger partial charge in [0.2, 0.25) is 0 Å². The second kappa shape index (κ2) is 5.93. The van der Waals surface area contributed by atoms with Gasteiger partial charge < -0.3 is 20.9 Å². The molecule has 100 valence electrons. The molecule has 1 aromatic carbocycles. The molecule has 0 atom stereocenters. The van der Waals surface area contributed by atoms with E-state index in [-0.39, 0.29) is 0 Å². The van der Waals surface area contributed by atoms with Gasteiger partial charge in [0, 0.05) is 25.7 Å². The van der Waals surface area contributed by atoms with Crippen LogP contribution in [0.15, 0.2) is 12.1 Å². The van der Waals surface area contributed by atoms with E-state index < -0.39 is 0 Å². The Balaban J connectivity index is 1.82. The molecule has 5 nitrogen and oxygen atoms in total. The standard InChI is InChI=1S/C13H21N3O2/c1-10-8-11(9-12(14)13(10)15)18-7-4-16-2-5-17-6-3-16/h8-9H,2-7,14-15H2,1H3. The van der Waals surface area contributed by atoms with Gasteiger partial charge in [0.1, 0.15) is 12.4 Å². The maximum atomic E-state index is 5.80. The zero-order valence-corrected chi connectivity index (χ0v) is 10.8. The maximum absolute atomic E-state index is 5.80. The second-order valence-corrected chi connectivity index (χ2v) is 4.55. The third-order valence-electron chi connectivity index (χ3n) is 3.17. The molecule has 5 heteroatoms. The number of aryl methyl sites for hydroxylation is 1. The number of hydrogen-bond acceptors (Lipinski definition) is 5. The fourth-order valence-electron chi connectivity index (χ4n) is 1.99. The first-order valence-electron chi connectivity index (χ1n) is 6.25. The van der Waals surface area contributed by atoms with Crippen molar-refractivity contribution >= 4 is 11.4 Å². The predicted molar refractivity (Wildman–Crippen MR) is 72.8 cm³/mol. The topological polar surface area (TPSA) is 73.7 Å². The Kier molecular flexibility index (Phi) is 4.28. The van der Waals surface area contributed by atoms with Crippen molar-refractivity contribution in [3.05, 3.63) is 17.7 Å². The maximum Gasteiger partial charge on any atom is 0.121 e. The normalized spacial score (nSPS) is 16.7. The zero-order valence-electron chi connectivity index (χ0n) is 10.8. The minimum atomic E-state index is 0.580. The molecule has 1 aromatic rings.